The first-order valence-electron chi connectivity index (χ1n) is 7.34. The molecule has 1 aliphatic rings. The van der Waals surface area contributed by atoms with Crippen LogP contribution in [0.15, 0.2) is 18.3 Å². The van der Waals surface area contributed by atoms with Crippen LogP contribution in [0.1, 0.15) is 42.4 Å². The summed E-state index contributed by atoms with van der Waals surface area (Å²) >= 11 is 0. The van der Waals surface area contributed by atoms with E-state index >= 15 is 0 Å². The summed E-state index contributed by atoms with van der Waals surface area (Å²) in [6.07, 6.45) is 7.39. The number of likely N-dealkylation sites (N-methyl/N-ethyl adjacent to an activating group) is 1. The van der Waals surface area contributed by atoms with E-state index in [2.05, 4.69) is 22.0 Å². The fourth-order valence-corrected chi connectivity index (χ4v) is 3.08. The van der Waals surface area contributed by atoms with Crippen molar-refractivity contribution in [3.05, 3.63) is 29.7 Å². The van der Waals surface area contributed by atoms with E-state index in [0.29, 0.717) is 11.6 Å². The first-order valence-corrected chi connectivity index (χ1v) is 7.34. The Balaban J connectivity index is 1.87. The van der Waals surface area contributed by atoms with Gasteiger partial charge in [-0.15, -0.1) is 10.2 Å². The second-order valence-corrected chi connectivity index (χ2v) is 5.41. The van der Waals surface area contributed by atoms with Gasteiger partial charge in [-0.05, 0) is 38.1 Å². The molecule has 1 atom stereocenters. The van der Waals surface area contributed by atoms with Crippen molar-refractivity contribution in [2.24, 2.45) is 0 Å². The van der Waals surface area contributed by atoms with E-state index < -0.39 is 0 Å². The van der Waals surface area contributed by atoms with Gasteiger partial charge in [-0.3, -0.25) is 9.20 Å². The molecule has 1 aliphatic heterocycles. The number of pyridine rings is 1. The molecule has 3 rings (SSSR count). The molecule has 5 heteroatoms. The van der Waals surface area contributed by atoms with Gasteiger partial charge in [-0.2, -0.15) is 0 Å². The Morgan fingerprint density at radius 2 is 2.25 bits per heavy atom. The van der Waals surface area contributed by atoms with Crippen LogP contribution in [0.25, 0.3) is 5.65 Å². The molecule has 0 radical (unpaired) electrons. The van der Waals surface area contributed by atoms with Gasteiger partial charge in [-0.25, -0.2) is 0 Å². The Bertz CT molecular complexity index is 607. The van der Waals surface area contributed by atoms with Crippen LogP contribution < -0.4 is 0 Å². The SMILES string of the molecule is CCN1CCCCC1Cc1nnc2ccc(C=O)cn12. The monoisotopic (exact) mass is 272 g/mol. The summed E-state index contributed by atoms with van der Waals surface area (Å²) in [6, 6.07) is 4.17. The molecule has 0 bridgehead atoms. The smallest absolute Gasteiger partial charge is 0.160 e. The lowest BCUT2D eigenvalue weighted by atomic mass is 9.99. The number of nitrogens with zero attached hydrogens (tertiary/aromatic N) is 4. The topological polar surface area (TPSA) is 50.5 Å². The fourth-order valence-electron chi connectivity index (χ4n) is 3.08. The zero-order valence-corrected chi connectivity index (χ0v) is 11.8. The lowest BCUT2D eigenvalue weighted by Gasteiger charge is -2.34. The molecule has 0 aromatic carbocycles. The van der Waals surface area contributed by atoms with Crippen molar-refractivity contribution in [1.29, 1.82) is 0 Å². The van der Waals surface area contributed by atoms with Crippen molar-refractivity contribution in [3.63, 3.8) is 0 Å². The Hall–Kier alpha value is -1.75. The molecule has 0 saturated carbocycles. The highest BCUT2D eigenvalue weighted by Crippen LogP contribution is 2.20. The minimum Gasteiger partial charge on any atom is -0.300 e. The van der Waals surface area contributed by atoms with Crippen LogP contribution in [0, 0.1) is 0 Å². The molecule has 0 amide bonds. The molecule has 2 aromatic heterocycles. The zero-order valence-electron chi connectivity index (χ0n) is 11.8. The van der Waals surface area contributed by atoms with E-state index in [0.717, 1.165) is 30.7 Å². The molecule has 2 aromatic rings. The van der Waals surface area contributed by atoms with Gasteiger partial charge in [0.25, 0.3) is 0 Å². The summed E-state index contributed by atoms with van der Waals surface area (Å²) in [6.45, 7) is 4.48. The number of aldehydes is 1. The number of hydrogen-bond acceptors (Lipinski definition) is 4. The number of fused-ring (bicyclic) bond motifs is 1. The van der Waals surface area contributed by atoms with Gasteiger partial charge in [0.2, 0.25) is 0 Å². The highest BCUT2D eigenvalue weighted by atomic mass is 16.1. The minimum atomic E-state index is 0.543. The normalized spacial score (nSPS) is 20.4. The summed E-state index contributed by atoms with van der Waals surface area (Å²) < 4.78 is 1.95. The van der Waals surface area contributed by atoms with Gasteiger partial charge in [0.15, 0.2) is 11.9 Å². The molecule has 0 spiro atoms. The van der Waals surface area contributed by atoms with E-state index in [4.69, 9.17) is 0 Å². The molecular weight excluding hydrogens is 252 g/mol. The maximum atomic E-state index is 10.9. The maximum absolute atomic E-state index is 10.9. The zero-order chi connectivity index (χ0) is 13.9. The van der Waals surface area contributed by atoms with Crippen molar-refractivity contribution >= 4 is 11.9 Å². The third-order valence-corrected chi connectivity index (χ3v) is 4.21. The molecule has 0 N–H and O–H groups in total. The number of carbonyl (C=O) groups excluding carboxylic acids is 1. The Kier molecular flexibility index (Phi) is 3.78. The number of hydrogen-bond donors (Lipinski definition) is 0. The average molecular weight is 272 g/mol. The largest absolute Gasteiger partial charge is 0.300 e. The van der Waals surface area contributed by atoms with Crippen LogP contribution in [0.5, 0.6) is 0 Å². The van der Waals surface area contributed by atoms with Crippen molar-refractivity contribution in [3.8, 4) is 0 Å². The van der Waals surface area contributed by atoms with Crippen LogP contribution in [0.2, 0.25) is 0 Å². The van der Waals surface area contributed by atoms with Crippen molar-refractivity contribution < 1.29 is 4.79 Å². The van der Waals surface area contributed by atoms with Crippen LogP contribution >= 0.6 is 0 Å². The molecule has 106 valence electrons. The summed E-state index contributed by atoms with van der Waals surface area (Å²) in [5.74, 6) is 0.953. The third kappa shape index (κ3) is 2.45. The number of rotatable bonds is 4. The molecule has 0 aliphatic carbocycles. The fraction of sp³-hybridized carbons (Fsp3) is 0.533. The molecule has 3 heterocycles. The Morgan fingerprint density at radius 3 is 3.05 bits per heavy atom. The molecule has 20 heavy (non-hydrogen) atoms. The highest BCUT2D eigenvalue weighted by Gasteiger charge is 2.23. The predicted octanol–water partition coefficient (Wildman–Crippen LogP) is 1.96. The Labute approximate surface area is 118 Å². The van der Waals surface area contributed by atoms with Gasteiger partial charge in [0.1, 0.15) is 5.82 Å². The molecular formula is C15H20N4O. The van der Waals surface area contributed by atoms with Crippen LogP contribution in [-0.2, 0) is 6.42 Å². The number of carbonyl (C=O) groups is 1. The third-order valence-electron chi connectivity index (χ3n) is 4.21. The quantitative estimate of drug-likeness (QED) is 0.798. The minimum absolute atomic E-state index is 0.543. The molecule has 1 saturated heterocycles. The molecule has 5 nitrogen and oxygen atoms in total. The number of likely N-dealkylation sites (tertiary alicyclic amines) is 1. The molecule has 1 fully saturated rings. The second-order valence-electron chi connectivity index (χ2n) is 5.41. The first kappa shape index (κ1) is 13.2. The average Bonchev–Trinajstić information content (AvgIpc) is 2.90. The van der Waals surface area contributed by atoms with Gasteiger partial charge < -0.3 is 4.90 Å². The summed E-state index contributed by atoms with van der Waals surface area (Å²) in [4.78, 5) is 13.4. The number of aromatic nitrogens is 3. The van der Waals surface area contributed by atoms with E-state index in [1.54, 1.807) is 6.07 Å². The summed E-state index contributed by atoms with van der Waals surface area (Å²) in [5.41, 5.74) is 1.47. The summed E-state index contributed by atoms with van der Waals surface area (Å²) in [7, 11) is 0. The first-order chi connectivity index (χ1) is 9.81. The van der Waals surface area contributed by atoms with E-state index in [1.165, 1.54) is 25.8 Å². The van der Waals surface area contributed by atoms with Gasteiger partial charge in [0, 0.05) is 24.2 Å². The predicted molar refractivity (Wildman–Crippen MR) is 77.0 cm³/mol. The standard InChI is InChI=1S/C15H20N4O/c1-2-18-8-4-3-5-13(18)9-15-17-16-14-7-6-12(11-20)10-19(14)15/h6-7,10-11,13H,2-5,8-9H2,1H3. The Morgan fingerprint density at radius 1 is 1.35 bits per heavy atom. The van der Waals surface area contributed by atoms with E-state index in [9.17, 15) is 4.79 Å². The van der Waals surface area contributed by atoms with Crippen molar-refractivity contribution in [1.82, 2.24) is 19.5 Å². The van der Waals surface area contributed by atoms with Gasteiger partial charge in [0.05, 0.1) is 0 Å². The van der Waals surface area contributed by atoms with E-state index in [-0.39, 0.29) is 0 Å². The lowest BCUT2D eigenvalue weighted by molar-refractivity contribution is 0.112. The van der Waals surface area contributed by atoms with Crippen LogP contribution in [-0.4, -0.2) is 44.9 Å². The lowest BCUT2D eigenvalue weighted by Crippen LogP contribution is -2.40. The summed E-state index contributed by atoms with van der Waals surface area (Å²) in [5, 5.41) is 8.49. The number of piperidine rings is 1. The second kappa shape index (κ2) is 5.71. The maximum Gasteiger partial charge on any atom is 0.160 e. The van der Waals surface area contributed by atoms with Gasteiger partial charge in [-0.1, -0.05) is 13.3 Å². The van der Waals surface area contributed by atoms with Gasteiger partial charge >= 0.3 is 0 Å². The highest BCUT2D eigenvalue weighted by molar-refractivity contribution is 5.74. The molecule has 1 unspecified atom stereocenters. The van der Waals surface area contributed by atoms with Crippen molar-refractivity contribution in [2.45, 2.75) is 38.6 Å². The van der Waals surface area contributed by atoms with E-state index in [1.807, 2.05) is 16.7 Å². The van der Waals surface area contributed by atoms with Crippen molar-refractivity contribution in [2.75, 3.05) is 13.1 Å². The van der Waals surface area contributed by atoms with Crippen LogP contribution in [0.4, 0.5) is 0 Å². The van der Waals surface area contributed by atoms with Crippen LogP contribution in [0.3, 0.4) is 0 Å².